The van der Waals surface area contributed by atoms with Crippen molar-refractivity contribution < 1.29 is 13.9 Å². The van der Waals surface area contributed by atoms with Crippen LogP contribution in [0.1, 0.15) is 18.0 Å². The van der Waals surface area contributed by atoms with Crippen LogP contribution < -0.4 is 5.73 Å². The molecule has 0 amide bonds. The van der Waals surface area contributed by atoms with E-state index in [9.17, 15) is 4.39 Å². The van der Waals surface area contributed by atoms with E-state index in [1.807, 2.05) is 0 Å². The standard InChI is InChI=1S/C15H25FN2O2/c1-19-10-3-8-18(9-11-20-2)12-15(17)13-4-6-14(16)7-5-13/h4-7,15H,3,8-12,17H2,1-2H3. The molecule has 0 fully saturated rings. The summed E-state index contributed by atoms with van der Waals surface area (Å²) < 4.78 is 23.1. The number of nitrogens with two attached hydrogens (primary N) is 1. The van der Waals surface area contributed by atoms with E-state index < -0.39 is 0 Å². The van der Waals surface area contributed by atoms with Crippen molar-refractivity contribution in [1.29, 1.82) is 0 Å². The first-order chi connectivity index (χ1) is 9.67. The SMILES string of the molecule is COCCCN(CCOC)CC(N)c1ccc(F)cc1. The van der Waals surface area contributed by atoms with Crippen LogP contribution >= 0.6 is 0 Å². The van der Waals surface area contributed by atoms with E-state index in [-0.39, 0.29) is 11.9 Å². The first-order valence-corrected chi connectivity index (χ1v) is 6.88. The van der Waals surface area contributed by atoms with Crippen molar-refractivity contribution in [3.8, 4) is 0 Å². The monoisotopic (exact) mass is 284 g/mol. The number of benzene rings is 1. The minimum absolute atomic E-state index is 0.130. The lowest BCUT2D eigenvalue weighted by Crippen LogP contribution is -2.35. The van der Waals surface area contributed by atoms with Gasteiger partial charge in [0, 0.05) is 46.5 Å². The number of hydrogen-bond acceptors (Lipinski definition) is 4. The minimum Gasteiger partial charge on any atom is -0.385 e. The summed E-state index contributed by atoms with van der Waals surface area (Å²) in [5.41, 5.74) is 7.13. The summed E-state index contributed by atoms with van der Waals surface area (Å²) in [5.74, 6) is -0.239. The highest BCUT2D eigenvalue weighted by Gasteiger charge is 2.12. The summed E-state index contributed by atoms with van der Waals surface area (Å²) in [7, 11) is 3.39. The Hall–Kier alpha value is -1.01. The second kappa shape index (κ2) is 9.83. The second-order valence-corrected chi connectivity index (χ2v) is 4.80. The second-order valence-electron chi connectivity index (χ2n) is 4.80. The van der Waals surface area contributed by atoms with Gasteiger partial charge in [-0.1, -0.05) is 12.1 Å². The molecule has 1 aromatic rings. The van der Waals surface area contributed by atoms with Crippen molar-refractivity contribution in [1.82, 2.24) is 4.90 Å². The van der Waals surface area contributed by atoms with Crippen LogP contribution in [-0.2, 0) is 9.47 Å². The molecule has 0 bridgehead atoms. The topological polar surface area (TPSA) is 47.7 Å². The molecule has 4 nitrogen and oxygen atoms in total. The average Bonchev–Trinajstić information content (AvgIpc) is 2.45. The molecule has 1 aromatic carbocycles. The molecule has 0 aromatic heterocycles. The number of rotatable bonds is 10. The van der Waals surface area contributed by atoms with Crippen molar-refractivity contribution in [2.75, 3.05) is 47.1 Å². The van der Waals surface area contributed by atoms with E-state index in [1.54, 1.807) is 26.4 Å². The molecule has 0 spiro atoms. The summed E-state index contributed by atoms with van der Waals surface area (Å²) in [4.78, 5) is 2.25. The van der Waals surface area contributed by atoms with Crippen molar-refractivity contribution in [3.63, 3.8) is 0 Å². The fourth-order valence-electron chi connectivity index (χ4n) is 2.04. The summed E-state index contributed by atoms with van der Waals surface area (Å²) in [6.45, 7) is 3.86. The third kappa shape index (κ3) is 6.43. The lowest BCUT2D eigenvalue weighted by atomic mass is 10.1. The van der Waals surface area contributed by atoms with E-state index in [4.69, 9.17) is 15.2 Å². The zero-order valence-corrected chi connectivity index (χ0v) is 12.3. The molecule has 1 atom stereocenters. The highest BCUT2D eigenvalue weighted by atomic mass is 19.1. The van der Waals surface area contributed by atoms with Crippen molar-refractivity contribution in [3.05, 3.63) is 35.6 Å². The van der Waals surface area contributed by atoms with Crippen LogP contribution in [0.2, 0.25) is 0 Å². The van der Waals surface area contributed by atoms with Gasteiger partial charge in [-0.3, -0.25) is 4.90 Å². The Balaban J connectivity index is 2.50. The van der Waals surface area contributed by atoms with Crippen LogP contribution in [0.5, 0.6) is 0 Å². The number of ether oxygens (including phenoxy) is 2. The maximum Gasteiger partial charge on any atom is 0.123 e. The first-order valence-electron chi connectivity index (χ1n) is 6.88. The summed E-state index contributed by atoms with van der Waals surface area (Å²) in [6, 6.07) is 6.24. The Labute approximate surface area is 120 Å². The largest absolute Gasteiger partial charge is 0.385 e. The molecular weight excluding hydrogens is 259 g/mol. The van der Waals surface area contributed by atoms with Crippen molar-refractivity contribution >= 4 is 0 Å². The van der Waals surface area contributed by atoms with Gasteiger partial charge in [0.1, 0.15) is 5.82 Å². The Morgan fingerprint density at radius 2 is 1.75 bits per heavy atom. The van der Waals surface area contributed by atoms with Gasteiger partial charge in [-0.05, 0) is 24.1 Å². The summed E-state index contributed by atoms with van der Waals surface area (Å²) in [6.07, 6.45) is 0.955. The molecule has 20 heavy (non-hydrogen) atoms. The number of hydrogen-bond donors (Lipinski definition) is 1. The molecule has 1 rings (SSSR count). The molecular formula is C15H25FN2O2. The molecule has 0 heterocycles. The quantitative estimate of drug-likeness (QED) is 0.666. The Morgan fingerprint density at radius 3 is 2.35 bits per heavy atom. The molecule has 0 radical (unpaired) electrons. The average molecular weight is 284 g/mol. The fourth-order valence-corrected chi connectivity index (χ4v) is 2.04. The van der Waals surface area contributed by atoms with Gasteiger partial charge in [-0.15, -0.1) is 0 Å². The molecule has 0 aliphatic carbocycles. The van der Waals surface area contributed by atoms with Crippen LogP contribution in [0.3, 0.4) is 0 Å². The smallest absolute Gasteiger partial charge is 0.123 e. The maximum atomic E-state index is 12.9. The predicted octanol–water partition coefficient (Wildman–Crippen LogP) is 1.81. The normalized spacial score (nSPS) is 12.8. The van der Waals surface area contributed by atoms with E-state index in [0.29, 0.717) is 6.61 Å². The van der Waals surface area contributed by atoms with E-state index in [0.717, 1.165) is 38.2 Å². The van der Waals surface area contributed by atoms with Gasteiger partial charge in [0.25, 0.3) is 0 Å². The van der Waals surface area contributed by atoms with Crippen LogP contribution in [0.25, 0.3) is 0 Å². The van der Waals surface area contributed by atoms with Crippen molar-refractivity contribution in [2.45, 2.75) is 12.5 Å². The molecule has 5 heteroatoms. The predicted molar refractivity (Wildman–Crippen MR) is 78.1 cm³/mol. The minimum atomic E-state index is -0.239. The van der Waals surface area contributed by atoms with Gasteiger partial charge in [0.2, 0.25) is 0 Å². The zero-order valence-electron chi connectivity index (χ0n) is 12.3. The molecule has 0 aliphatic rings. The molecule has 0 aliphatic heterocycles. The van der Waals surface area contributed by atoms with Crippen LogP contribution in [0.15, 0.2) is 24.3 Å². The highest BCUT2D eigenvalue weighted by Crippen LogP contribution is 2.13. The molecule has 0 saturated carbocycles. The van der Waals surface area contributed by atoms with Crippen LogP contribution in [0, 0.1) is 5.82 Å². The summed E-state index contributed by atoms with van der Waals surface area (Å²) >= 11 is 0. The molecule has 0 saturated heterocycles. The molecule has 114 valence electrons. The zero-order chi connectivity index (χ0) is 14.8. The van der Waals surface area contributed by atoms with E-state index in [2.05, 4.69) is 4.90 Å². The first kappa shape index (κ1) is 17.0. The van der Waals surface area contributed by atoms with E-state index in [1.165, 1.54) is 12.1 Å². The van der Waals surface area contributed by atoms with Gasteiger partial charge in [0.05, 0.1) is 6.61 Å². The molecule has 2 N–H and O–H groups in total. The molecule has 1 unspecified atom stereocenters. The lowest BCUT2D eigenvalue weighted by Gasteiger charge is -2.25. The summed E-state index contributed by atoms with van der Waals surface area (Å²) in [5, 5.41) is 0. The van der Waals surface area contributed by atoms with Crippen LogP contribution in [0.4, 0.5) is 4.39 Å². The third-order valence-electron chi connectivity index (χ3n) is 3.19. The number of nitrogens with zero attached hydrogens (tertiary/aromatic N) is 1. The lowest BCUT2D eigenvalue weighted by molar-refractivity contribution is 0.129. The third-order valence-corrected chi connectivity index (χ3v) is 3.19. The van der Waals surface area contributed by atoms with Gasteiger partial charge in [-0.25, -0.2) is 4.39 Å². The Morgan fingerprint density at radius 1 is 1.10 bits per heavy atom. The van der Waals surface area contributed by atoms with Gasteiger partial charge in [-0.2, -0.15) is 0 Å². The fraction of sp³-hybridized carbons (Fsp3) is 0.600. The van der Waals surface area contributed by atoms with E-state index >= 15 is 0 Å². The Bertz CT molecular complexity index is 359. The van der Waals surface area contributed by atoms with Crippen LogP contribution in [-0.4, -0.2) is 52.0 Å². The van der Waals surface area contributed by atoms with Gasteiger partial charge < -0.3 is 15.2 Å². The number of methoxy groups -OCH3 is 2. The maximum absolute atomic E-state index is 12.9. The number of halogens is 1. The Kier molecular flexibility index (Phi) is 8.37. The van der Waals surface area contributed by atoms with Gasteiger partial charge >= 0.3 is 0 Å². The van der Waals surface area contributed by atoms with Gasteiger partial charge in [0.15, 0.2) is 0 Å². The van der Waals surface area contributed by atoms with Crippen molar-refractivity contribution in [2.24, 2.45) is 5.73 Å². The highest BCUT2D eigenvalue weighted by molar-refractivity contribution is 5.19.